The van der Waals surface area contributed by atoms with Crippen molar-refractivity contribution in [1.29, 1.82) is 0 Å². The standard InChI is InChI=1S/C9H10IN3S/c1-6-7(3-2-4-8(6)10)5-12-13-9(11)14/h2-5H,1H3,(H3,11,13,14). The number of rotatable bonds is 2. The number of nitrogens with one attached hydrogen (secondary N) is 1. The first-order chi connectivity index (χ1) is 6.61. The Morgan fingerprint density at radius 2 is 2.36 bits per heavy atom. The topological polar surface area (TPSA) is 50.4 Å². The van der Waals surface area contributed by atoms with E-state index in [0.29, 0.717) is 0 Å². The van der Waals surface area contributed by atoms with Crippen molar-refractivity contribution in [3.8, 4) is 0 Å². The molecule has 0 heterocycles. The lowest BCUT2D eigenvalue weighted by Crippen LogP contribution is -2.24. The van der Waals surface area contributed by atoms with E-state index in [1.165, 1.54) is 9.13 Å². The third kappa shape index (κ3) is 3.22. The second-order valence-electron chi connectivity index (χ2n) is 2.69. The SMILES string of the molecule is Cc1c(I)cccc1C=NNC(N)=S. The maximum absolute atomic E-state index is 5.23. The molecule has 14 heavy (non-hydrogen) atoms. The second kappa shape index (κ2) is 5.26. The molecule has 1 aromatic rings. The van der Waals surface area contributed by atoms with Crippen molar-refractivity contribution in [2.24, 2.45) is 10.8 Å². The Labute approximate surface area is 102 Å². The first kappa shape index (κ1) is 11.4. The molecule has 0 aliphatic carbocycles. The van der Waals surface area contributed by atoms with E-state index in [1.54, 1.807) is 6.21 Å². The maximum Gasteiger partial charge on any atom is 0.184 e. The molecule has 0 saturated carbocycles. The van der Waals surface area contributed by atoms with Crippen molar-refractivity contribution < 1.29 is 0 Å². The number of benzene rings is 1. The van der Waals surface area contributed by atoms with Gasteiger partial charge in [0.25, 0.3) is 0 Å². The molecule has 0 saturated heterocycles. The molecule has 1 rings (SSSR count). The van der Waals surface area contributed by atoms with Crippen molar-refractivity contribution in [3.63, 3.8) is 0 Å². The highest BCUT2D eigenvalue weighted by atomic mass is 127. The van der Waals surface area contributed by atoms with Crippen molar-refractivity contribution in [1.82, 2.24) is 5.43 Å². The number of hydrogen-bond acceptors (Lipinski definition) is 2. The van der Waals surface area contributed by atoms with Crippen molar-refractivity contribution >= 4 is 46.1 Å². The van der Waals surface area contributed by atoms with Crippen LogP contribution >= 0.6 is 34.8 Å². The number of halogens is 1. The molecule has 1 aromatic carbocycles. The fourth-order valence-electron chi connectivity index (χ4n) is 0.929. The van der Waals surface area contributed by atoms with Crippen LogP contribution in [0.25, 0.3) is 0 Å². The Morgan fingerprint density at radius 3 is 3.00 bits per heavy atom. The van der Waals surface area contributed by atoms with Gasteiger partial charge in [0.1, 0.15) is 0 Å². The van der Waals surface area contributed by atoms with Gasteiger partial charge in [-0.05, 0) is 58.9 Å². The summed E-state index contributed by atoms with van der Waals surface area (Å²) in [5.74, 6) is 0. The molecular formula is C9H10IN3S. The zero-order valence-electron chi connectivity index (χ0n) is 7.62. The molecule has 0 aliphatic heterocycles. The number of hydrogen-bond donors (Lipinski definition) is 2. The second-order valence-corrected chi connectivity index (χ2v) is 4.29. The van der Waals surface area contributed by atoms with Gasteiger partial charge in [-0.3, -0.25) is 5.43 Å². The van der Waals surface area contributed by atoms with Crippen LogP contribution < -0.4 is 11.2 Å². The van der Waals surface area contributed by atoms with Crippen LogP contribution in [0.2, 0.25) is 0 Å². The van der Waals surface area contributed by atoms with Gasteiger partial charge in [0.05, 0.1) is 6.21 Å². The van der Waals surface area contributed by atoms with Crippen LogP contribution in [0, 0.1) is 10.5 Å². The summed E-state index contributed by atoms with van der Waals surface area (Å²) >= 11 is 6.90. The smallest absolute Gasteiger partial charge is 0.184 e. The van der Waals surface area contributed by atoms with Gasteiger partial charge >= 0.3 is 0 Å². The van der Waals surface area contributed by atoms with Gasteiger partial charge in [-0.25, -0.2) is 0 Å². The molecule has 5 heteroatoms. The minimum absolute atomic E-state index is 0.171. The van der Waals surface area contributed by atoms with Gasteiger partial charge in [-0.1, -0.05) is 12.1 Å². The molecule has 0 bridgehead atoms. The largest absolute Gasteiger partial charge is 0.375 e. The van der Waals surface area contributed by atoms with Crippen LogP contribution in [0.1, 0.15) is 11.1 Å². The van der Waals surface area contributed by atoms with E-state index in [9.17, 15) is 0 Å². The average molecular weight is 319 g/mol. The molecular weight excluding hydrogens is 309 g/mol. The highest BCUT2D eigenvalue weighted by molar-refractivity contribution is 14.1. The highest BCUT2D eigenvalue weighted by Crippen LogP contribution is 2.13. The molecule has 0 amide bonds. The van der Waals surface area contributed by atoms with Crippen molar-refractivity contribution in [2.45, 2.75) is 6.92 Å². The minimum Gasteiger partial charge on any atom is -0.375 e. The number of thiocarbonyl (C=S) groups is 1. The Morgan fingerprint density at radius 1 is 1.64 bits per heavy atom. The quantitative estimate of drug-likeness (QED) is 0.378. The van der Waals surface area contributed by atoms with Crippen LogP contribution in [-0.4, -0.2) is 11.3 Å². The molecule has 0 radical (unpaired) electrons. The molecule has 0 atom stereocenters. The molecule has 3 nitrogen and oxygen atoms in total. The summed E-state index contributed by atoms with van der Waals surface area (Å²) in [5.41, 5.74) is 10.00. The van der Waals surface area contributed by atoms with E-state index in [1.807, 2.05) is 25.1 Å². The van der Waals surface area contributed by atoms with Crippen LogP contribution in [0.3, 0.4) is 0 Å². The summed E-state index contributed by atoms with van der Waals surface area (Å²) in [6.07, 6.45) is 1.71. The Kier molecular flexibility index (Phi) is 4.27. The molecule has 0 aromatic heterocycles. The van der Waals surface area contributed by atoms with E-state index in [4.69, 9.17) is 5.73 Å². The summed E-state index contributed by atoms with van der Waals surface area (Å²) in [5, 5.41) is 4.07. The predicted molar refractivity (Wildman–Crippen MR) is 71.4 cm³/mol. The Hall–Kier alpha value is -0.690. The van der Waals surface area contributed by atoms with Gasteiger partial charge in [-0.15, -0.1) is 0 Å². The van der Waals surface area contributed by atoms with E-state index in [2.05, 4.69) is 45.3 Å². The molecule has 0 unspecified atom stereocenters. The number of hydrazone groups is 1. The van der Waals surface area contributed by atoms with Crippen molar-refractivity contribution in [3.05, 3.63) is 32.9 Å². The van der Waals surface area contributed by atoms with Crippen LogP contribution in [-0.2, 0) is 0 Å². The maximum atomic E-state index is 5.23. The lowest BCUT2D eigenvalue weighted by atomic mass is 10.1. The third-order valence-corrected chi connectivity index (χ3v) is 2.95. The molecule has 0 fully saturated rings. The van der Waals surface area contributed by atoms with Gasteiger partial charge in [0.15, 0.2) is 5.11 Å². The zero-order valence-corrected chi connectivity index (χ0v) is 10.6. The summed E-state index contributed by atoms with van der Waals surface area (Å²) in [7, 11) is 0. The molecule has 0 aliphatic rings. The summed E-state index contributed by atoms with van der Waals surface area (Å²) in [6, 6.07) is 6.02. The summed E-state index contributed by atoms with van der Waals surface area (Å²) in [6.45, 7) is 2.05. The lowest BCUT2D eigenvalue weighted by molar-refractivity contribution is 1.04. The zero-order chi connectivity index (χ0) is 10.6. The first-order valence-electron chi connectivity index (χ1n) is 3.95. The van der Waals surface area contributed by atoms with Crippen LogP contribution in [0.4, 0.5) is 0 Å². The van der Waals surface area contributed by atoms with E-state index >= 15 is 0 Å². The molecule has 3 N–H and O–H groups in total. The minimum atomic E-state index is 0.171. The monoisotopic (exact) mass is 319 g/mol. The van der Waals surface area contributed by atoms with Crippen LogP contribution in [0.5, 0.6) is 0 Å². The average Bonchev–Trinajstić information content (AvgIpc) is 2.12. The molecule has 0 spiro atoms. The Bertz CT molecular complexity index is 376. The van der Waals surface area contributed by atoms with E-state index in [0.717, 1.165) is 5.56 Å². The van der Waals surface area contributed by atoms with E-state index < -0.39 is 0 Å². The van der Waals surface area contributed by atoms with Gasteiger partial charge < -0.3 is 5.73 Å². The first-order valence-corrected chi connectivity index (χ1v) is 5.43. The van der Waals surface area contributed by atoms with Gasteiger partial charge in [0, 0.05) is 3.57 Å². The third-order valence-electron chi connectivity index (χ3n) is 1.69. The number of nitrogens with zero attached hydrogens (tertiary/aromatic N) is 1. The lowest BCUT2D eigenvalue weighted by Gasteiger charge is -2.01. The molecule has 74 valence electrons. The normalized spacial score (nSPS) is 10.4. The van der Waals surface area contributed by atoms with E-state index in [-0.39, 0.29) is 5.11 Å². The summed E-state index contributed by atoms with van der Waals surface area (Å²) in [4.78, 5) is 0. The van der Waals surface area contributed by atoms with Crippen LogP contribution in [0.15, 0.2) is 23.3 Å². The predicted octanol–water partition coefficient (Wildman–Crippen LogP) is 1.77. The fraction of sp³-hybridized carbons (Fsp3) is 0.111. The van der Waals surface area contributed by atoms with Gasteiger partial charge in [0.2, 0.25) is 0 Å². The van der Waals surface area contributed by atoms with Gasteiger partial charge in [-0.2, -0.15) is 5.10 Å². The number of nitrogens with two attached hydrogens (primary N) is 1. The fourth-order valence-corrected chi connectivity index (χ4v) is 1.50. The van der Waals surface area contributed by atoms with Crippen molar-refractivity contribution in [2.75, 3.05) is 0 Å². The Balaban J connectivity index is 2.81. The highest BCUT2D eigenvalue weighted by Gasteiger charge is 1.97. The summed E-state index contributed by atoms with van der Waals surface area (Å²) < 4.78 is 1.21.